The highest BCUT2D eigenvalue weighted by atomic mass is 16.5. The van der Waals surface area contributed by atoms with Crippen molar-refractivity contribution in [2.45, 2.75) is 57.6 Å². The smallest absolute Gasteiger partial charge is 0.0752 e. The normalized spacial score (nSPS) is 36.2. The molecule has 0 bridgehead atoms. The first-order chi connectivity index (χ1) is 7.22. The molecule has 2 aliphatic carbocycles. The van der Waals surface area contributed by atoms with Gasteiger partial charge in [0, 0.05) is 13.2 Å². The Morgan fingerprint density at radius 3 is 2.40 bits per heavy atom. The van der Waals surface area contributed by atoms with Crippen molar-refractivity contribution in [1.29, 1.82) is 0 Å². The van der Waals surface area contributed by atoms with Crippen molar-refractivity contribution < 1.29 is 4.74 Å². The van der Waals surface area contributed by atoms with Gasteiger partial charge in [-0.25, -0.2) is 0 Å². The predicted molar refractivity (Wildman–Crippen MR) is 62.6 cm³/mol. The first kappa shape index (κ1) is 11.4. The van der Waals surface area contributed by atoms with E-state index in [1.54, 1.807) is 0 Å². The van der Waals surface area contributed by atoms with Crippen LogP contribution in [0.15, 0.2) is 0 Å². The molecule has 2 heteroatoms. The van der Waals surface area contributed by atoms with Gasteiger partial charge in [0.15, 0.2) is 0 Å². The lowest BCUT2D eigenvalue weighted by Gasteiger charge is -2.35. The van der Waals surface area contributed by atoms with Crippen LogP contribution in [-0.4, -0.2) is 19.3 Å². The molecule has 88 valence electrons. The number of hydrogen-bond acceptors (Lipinski definition) is 2. The average molecular weight is 211 g/mol. The van der Waals surface area contributed by atoms with Crippen LogP contribution in [0.25, 0.3) is 0 Å². The SMILES string of the molecule is COC(C1CC1)C(N)C1CCCC(C)C1. The fraction of sp³-hybridized carbons (Fsp3) is 1.00. The van der Waals surface area contributed by atoms with Gasteiger partial charge in [-0.3, -0.25) is 0 Å². The highest BCUT2D eigenvalue weighted by molar-refractivity contribution is 4.93. The van der Waals surface area contributed by atoms with Crippen molar-refractivity contribution >= 4 is 0 Å². The predicted octanol–water partition coefficient (Wildman–Crippen LogP) is 2.57. The van der Waals surface area contributed by atoms with Gasteiger partial charge >= 0.3 is 0 Å². The maximum absolute atomic E-state index is 6.38. The summed E-state index contributed by atoms with van der Waals surface area (Å²) in [5.41, 5.74) is 6.38. The van der Waals surface area contributed by atoms with Crippen LogP contribution in [0, 0.1) is 17.8 Å². The number of hydrogen-bond donors (Lipinski definition) is 1. The molecule has 2 aliphatic rings. The number of rotatable bonds is 4. The molecule has 0 aliphatic heterocycles. The fourth-order valence-electron chi connectivity index (χ4n) is 3.19. The molecule has 2 saturated carbocycles. The standard InChI is InChI=1S/C13H25NO/c1-9-4-3-5-11(8-9)12(14)13(15-2)10-6-7-10/h9-13H,3-8,14H2,1-2H3. The van der Waals surface area contributed by atoms with E-state index in [1.165, 1.54) is 38.5 Å². The van der Waals surface area contributed by atoms with E-state index in [9.17, 15) is 0 Å². The highest BCUT2D eigenvalue weighted by Crippen LogP contribution is 2.39. The minimum absolute atomic E-state index is 0.283. The van der Waals surface area contributed by atoms with Gasteiger partial charge in [-0.1, -0.05) is 19.8 Å². The summed E-state index contributed by atoms with van der Waals surface area (Å²) >= 11 is 0. The molecule has 0 aromatic rings. The van der Waals surface area contributed by atoms with Crippen LogP contribution in [0.2, 0.25) is 0 Å². The maximum atomic E-state index is 6.38. The second-order valence-electron chi connectivity index (χ2n) is 5.65. The molecule has 2 N–H and O–H groups in total. The summed E-state index contributed by atoms with van der Waals surface area (Å²) in [5, 5.41) is 0. The molecule has 4 atom stereocenters. The zero-order valence-electron chi connectivity index (χ0n) is 10.1. The molecule has 2 rings (SSSR count). The Bertz CT molecular complexity index is 203. The van der Waals surface area contributed by atoms with Crippen LogP contribution in [0.3, 0.4) is 0 Å². The van der Waals surface area contributed by atoms with E-state index in [-0.39, 0.29) is 6.04 Å². The number of methoxy groups -OCH3 is 1. The number of nitrogens with two attached hydrogens (primary N) is 1. The fourth-order valence-corrected chi connectivity index (χ4v) is 3.19. The molecule has 0 radical (unpaired) electrons. The summed E-state index contributed by atoms with van der Waals surface area (Å²) in [5.74, 6) is 2.34. The Hall–Kier alpha value is -0.0800. The van der Waals surface area contributed by atoms with Gasteiger partial charge in [0.25, 0.3) is 0 Å². The molecule has 0 aromatic heterocycles. The van der Waals surface area contributed by atoms with E-state index in [0.29, 0.717) is 12.0 Å². The van der Waals surface area contributed by atoms with E-state index >= 15 is 0 Å². The third-order valence-electron chi connectivity index (χ3n) is 4.26. The minimum Gasteiger partial charge on any atom is -0.380 e. The Balaban J connectivity index is 1.89. The molecule has 0 heterocycles. The van der Waals surface area contributed by atoms with Gasteiger partial charge < -0.3 is 10.5 Å². The Morgan fingerprint density at radius 2 is 1.87 bits per heavy atom. The van der Waals surface area contributed by atoms with Gasteiger partial charge in [-0.15, -0.1) is 0 Å². The lowest BCUT2D eigenvalue weighted by molar-refractivity contribution is 0.0342. The van der Waals surface area contributed by atoms with Crippen LogP contribution < -0.4 is 5.73 Å². The molecular weight excluding hydrogens is 186 g/mol. The summed E-state index contributed by atoms with van der Waals surface area (Å²) < 4.78 is 5.60. The zero-order chi connectivity index (χ0) is 10.8. The second kappa shape index (κ2) is 4.84. The van der Waals surface area contributed by atoms with Crippen LogP contribution in [0.5, 0.6) is 0 Å². The third-order valence-corrected chi connectivity index (χ3v) is 4.26. The monoisotopic (exact) mass is 211 g/mol. The molecule has 15 heavy (non-hydrogen) atoms. The summed E-state index contributed by atoms with van der Waals surface area (Å²) in [6.45, 7) is 2.36. The van der Waals surface area contributed by atoms with Gasteiger partial charge in [0.1, 0.15) is 0 Å². The molecule has 4 unspecified atom stereocenters. The van der Waals surface area contributed by atoms with Crippen molar-refractivity contribution in [3.8, 4) is 0 Å². The minimum atomic E-state index is 0.283. The Morgan fingerprint density at radius 1 is 1.13 bits per heavy atom. The average Bonchev–Trinajstić information content (AvgIpc) is 3.03. The first-order valence-electron chi connectivity index (χ1n) is 6.50. The summed E-state index contributed by atoms with van der Waals surface area (Å²) in [7, 11) is 1.83. The molecule has 0 saturated heterocycles. The summed E-state index contributed by atoms with van der Waals surface area (Å²) in [6, 6.07) is 0.283. The van der Waals surface area contributed by atoms with E-state index in [4.69, 9.17) is 10.5 Å². The highest BCUT2D eigenvalue weighted by Gasteiger charge is 2.39. The molecule has 2 nitrogen and oxygen atoms in total. The summed E-state index contributed by atoms with van der Waals surface area (Å²) in [6.07, 6.45) is 8.38. The second-order valence-corrected chi connectivity index (χ2v) is 5.65. The van der Waals surface area contributed by atoms with E-state index < -0.39 is 0 Å². The van der Waals surface area contributed by atoms with E-state index in [2.05, 4.69) is 6.92 Å². The van der Waals surface area contributed by atoms with Crippen LogP contribution in [0.1, 0.15) is 45.4 Å². The van der Waals surface area contributed by atoms with Gasteiger partial charge in [0.2, 0.25) is 0 Å². The van der Waals surface area contributed by atoms with Crippen molar-refractivity contribution in [3.63, 3.8) is 0 Å². The van der Waals surface area contributed by atoms with E-state index in [1.807, 2.05) is 7.11 Å². The van der Waals surface area contributed by atoms with Crippen molar-refractivity contribution in [1.82, 2.24) is 0 Å². The Labute approximate surface area is 93.6 Å². The molecule has 0 aromatic carbocycles. The topological polar surface area (TPSA) is 35.2 Å². The van der Waals surface area contributed by atoms with E-state index in [0.717, 1.165) is 11.8 Å². The van der Waals surface area contributed by atoms with Gasteiger partial charge in [-0.05, 0) is 43.4 Å². The quantitative estimate of drug-likeness (QED) is 0.775. The molecule has 2 fully saturated rings. The lowest BCUT2D eigenvalue weighted by Crippen LogP contribution is -2.45. The van der Waals surface area contributed by atoms with Crippen LogP contribution >= 0.6 is 0 Å². The van der Waals surface area contributed by atoms with Gasteiger partial charge in [-0.2, -0.15) is 0 Å². The largest absolute Gasteiger partial charge is 0.380 e. The molecule has 0 amide bonds. The molecule has 0 spiro atoms. The van der Waals surface area contributed by atoms with Crippen molar-refractivity contribution in [2.24, 2.45) is 23.5 Å². The van der Waals surface area contributed by atoms with Crippen molar-refractivity contribution in [3.05, 3.63) is 0 Å². The number of ether oxygens (including phenoxy) is 1. The third kappa shape index (κ3) is 2.73. The zero-order valence-corrected chi connectivity index (χ0v) is 10.1. The first-order valence-corrected chi connectivity index (χ1v) is 6.50. The van der Waals surface area contributed by atoms with Crippen molar-refractivity contribution in [2.75, 3.05) is 7.11 Å². The Kier molecular flexibility index (Phi) is 3.68. The van der Waals surface area contributed by atoms with Gasteiger partial charge in [0.05, 0.1) is 6.10 Å². The maximum Gasteiger partial charge on any atom is 0.0752 e. The molecular formula is C13H25NO. The van der Waals surface area contributed by atoms with Crippen LogP contribution in [-0.2, 0) is 4.74 Å². The summed E-state index contributed by atoms with van der Waals surface area (Å²) in [4.78, 5) is 0. The van der Waals surface area contributed by atoms with Crippen LogP contribution in [0.4, 0.5) is 0 Å². The lowest BCUT2D eigenvalue weighted by atomic mass is 9.77.